The second-order valence-electron chi connectivity index (χ2n) is 6.52. The van der Waals surface area contributed by atoms with Crippen molar-refractivity contribution in [1.82, 2.24) is 10.2 Å². The van der Waals surface area contributed by atoms with Gasteiger partial charge >= 0.3 is 12.0 Å². The van der Waals surface area contributed by atoms with E-state index in [1.807, 2.05) is 19.9 Å². The van der Waals surface area contributed by atoms with Crippen molar-refractivity contribution in [3.8, 4) is 0 Å². The number of ether oxygens (including phenoxy) is 1. The van der Waals surface area contributed by atoms with Gasteiger partial charge in [0.15, 0.2) is 0 Å². The molecule has 1 aromatic carbocycles. The predicted octanol–water partition coefficient (Wildman–Crippen LogP) is 2.45. The topological polar surface area (TPSA) is 91.0 Å². The number of rotatable bonds is 8. The van der Waals surface area contributed by atoms with Crippen molar-refractivity contribution in [3.05, 3.63) is 23.8 Å². The molecule has 8 nitrogen and oxygen atoms in total. The molecule has 2 N–H and O–H groups in total. The van der Waals surface area contributed by atoms with Crippen LogP contribution in [0.15, 0.2) is 18.2 Å². The summed E-state index contributed by atoms with van der Waals surface area (Å²) in [6, 6.07) is 4.83. The van der Waals surface area contributed by atoms with E-state index < -0.39 is 12.0 Å². The maximum absolute atomic E-state index is 13.0. The van der Waals surface area contributed by atoms with Crippen LogP contribution in [0, 0.1) is 0 Å². The number of hydrogen-bond donors (Lipinski definition) is 2. The van der Waals surface area contributed by atoms with Gasteiger partial charge in [0, 0.05) is 37.6 Å². The molecule has 3 amide bonds. The number of carbonyl (C=O) groups is 3. The summed E-state index contributed by atoms with van der Waals surface area (Å²) in [7, 11) is 0. The van der Waals surface area contributed by atoms with Crippen molar-refractivity contribution in [2.24, 2.45) is 0 Å². The van der Waals surface area contributed by atoms with Gasteiger partial charge in [0.1, 0.15) is 6.54 Å². The molecule has 0 spiro atoms. The van der Waals surface area contributed by atoms with Crippen LogP contribution in [0.2, 0.25) is 0 Å². The molecule has 0 aliphatic carbocycles. The molecular weight excluding hydrogens is 360 g/mol. The number of hydrogen-bond acceptors (Lipinski definition) is 5. The Morgan fingerprint density at radius 1 is 1.11 bits per heavy atom. The summed E-state index contributed by atoms with van der Waals surface area (Å²) in [6.45, 7) is 8.72. The lowest BCUT2D eigenvalue weighted by molar-refractivity contribution is -0.141. The Morgan fingerprint density at radius 2 is 1.79 bits per heavy atom. The number of carbonyl (C=O) groups excluding carboxylic acids is 3. The second-order valence-corrected chi connectivity index (χ2v) is 6.52. The van der Waals surface area contributed by atoms with Crippen molar-refractivity contribution in [1.29, 1.82) is 0 Å². The fourth-order valence-corrected chi connectivity index (χ4v) is 3.24. The Kier molecular flexibility index (Phi) is 8.10. The van der Waals surface area contributed by atoms with E-state index in [0.717, 1.165) is 31.6 Å². The monoisotopic (exact) mass is 390 g/mol. The SMILES string of the molecule is CCOC(=O)CNC(=O)Nc1ccc(N2CCCC2)c(C(=O)N(CC)CC)c1. The van der Waals surface area contributed by atoms with Gasteiger partial charge in [-0.2, -0.15) is 0 Å². The van der Waals surface area contributed by atoms with Crippen molar-refractivity contribution in [2.45, 2.75) is 33.6 Å². The summed E-state index contributed by atoms with van der Waals surface area (Å²) < 4.78 is 4.78. The van der Waals surface area contributed by atoms with Crippen LogP contribution < -0.4 is 15.5 Å². The van der Waals surface area contributed by atoms with Gasteiger partial charge in [0.25, 0.3) is 5.91 Å². The normalized spacial score (nSPS) is 13.2. The third kappa shape index (κ3) is 5.61. The third-order valence-corrected chi connectivity index (χ3v) is 4.68. The summed E-state index contributed by atoms with van der Waals surface area (Å²) in [6.07, 6.45) is 2.21. The van der Waals surface area contributed by atoms with Crippen LogP contribution >= 0.6 is 0 Å². The molecule has 0 radical (unpaired) electrons. The van der Waals surface area contributed by atoms with Crippen LogP contribution in [0.25, 0.3) is 0 Å². The first kappa shape index (κ1) is 21.5. The Morgan fingerprint density at radius 3 is 2.39 bits per heavy atom. The minimum Gasteiger partial charge on any atom is -0.465 e. The number of esters is 1. The molecule has 0 aromatic heterocycles. The number of anilines is 2. The van der Waals surface area contributed by atoms with Crippen molar-refractivity contribution < 1.29 is 19.1 Å². The maximum Gasteiger partial charge on any atom is 0.325 e. The lowest BCUT2D eigenvalue weighted by Crippen LogP contribution is -2.34. The molecule has 1 saturated heterocycles. The van der Waals surface area contributed by atoms with Gasteiger partial charge in [-0.15, -0.1) is 0 Å². The lowest BCUT2D eigenvalue weighted by atomic mass is 10.1. The van der Waals surface area contributed by atoms with Gasteiger partial charge in [-0.1, -0.05) is 0 Å². The Labute approximate surface area is 166 Å². The molecule has 1 fully saturated rings. The lowest BCUT2D eigenvalue weighted by Gasteiger charge is -2.25. The quantitative estimate of drug-likeness (QED) is 0.666. The number of urea groups is 1. The number of amides is 3. The highest BCUT2D eigenvalue weighted by Gasteiger charge is 2.23. The zero-order valence-electron chi connectivity index (χ0n) is 16.9. The predicted molar refractivity (Wildman–Crippen MR) is 109 cm³/mol. The van der Waals surface area contributed by atoms with E-state index in [2.05, 4.69) is 15.5 Å². The largest absolute Gasteiger partial charge is 0.465 e. The zero-order valence-corrected chi connectivity index (χ0v) is 16.9. The third-order valence-electron chi connectivity index (χ3n) is 4.68. The fourth-order valence-electron chi connectivity index (χ4n) is 3.24. The van der Waals surface area contributed by atoms with Gasteiger partial charge in [-0.25, -0.2) is 4.79 Å². The maximum atomic E-state index is 13.0. The van der Waals surface area contributed by atoms with Gasteiger partial charge in [-0.05, 0) is 51.8 Å². The first-order valence-corrected chi connectivity index (χ1v) is 9.88. The molecule has 1 aliphatic rings. The fraction of sp³-hybridized carbons (Fsp3) is 0.550. The number of nitrogens with one attached hydrogen (secondary N) is 2. The molecule has 0 atom stereocenters. The molecule has 1 aromatic rings. The highest BCUT2D eigenvalue weighted by molar-refractivity contribution is 6.02. The Balaban J connectivity index is 2.17. The average molecular weight is 390 g/mol. The molecule has 0 bridgehead atoms. The molecular formula is C20H30N4O4. The van der Waals surface area contributed by atoms with Crippen LogP contribution in [0.3, 0.4) is 0 Å². The van der Waals surface area contributed by atoms with Gasteiger partial charge in [0.05, 0.1) is 12.2 Å². The van der Waals surface area contributed by atoms with E-state index in [9.17, 15) is 14.4 Å². The Hall–Kier alpha value is -2.77. The molecule has 1 heterocycles. The first-order chi connectivity index (χ1) is 13.5. The van der Waals surface area contributed by atoms with Crippen LogP contribution in [0.4, 0.5) is 16.2 Å². The molecule has 0 unspecified atom stereocenters. The van der Waals surface area contributed by atoms with E-state index in [0.29, 0.717) is 24.3 Å². The summed E-state index contributed by atoms with van der Waals surface area (Å²) in [5.41, 5.74) is 1.97. The van der Waals surface area contributed by atoms with Crippen LogP contribution in [-0.4, -0.2) is 62.1 Å². The molecule has 154 valence electrons. The van der Waals surface area contributed by atoms with E-state index >= 15 is 0 Å². The van der Waals surface area contributed by atoms with Crippen LogP contribution in [-0.2, 0) is 9.53 Å². The molecule has 0 saturated carbocycles. The standard InChI is InChI=1S/C20H30N4O4/c1-4-23(5-2)19(26)16-13-15(9-10-17(16)24-11-7-8-12-24)22-20(27)21-14-18(25)28-6-3/h9-10,13H,4-8,11-12,14H2,1-3H3,(H2,21,22,27). The van der Waals surface area contributed by atoms with Crippen molar-refractivity contribution in [2.75, 3.05) is 49.5 Å². The zero-order chi connectivity index (χ0) is 20.5. The van der Waals surface area contributed by atoms with E-state index in [1.54, 1.807) is 24.0 Å². The second kappa shape index (κ2) is 10.5. The van der Waals surface area contributed by atoms with Gasteiger partial charge < -0.3 is 25.2 Å². The average Bonchev–Trinajstić information content (AvgIpc) is 3.22. The van der Waals surface area contributed by atoms with Crippen LogP contribution in [0.1, 0.15) is 44.0 Å². The van der Waals surface area contributed by atoms with E-state index in [-0.39, 0.29) is 19.1 Å². The molecule has 2 rings (SSSR count). The summed E-state index contributed by atoms with van der Waals surface area (Å²) in [4.78, 5) is 40.4. The molecule has 28 heavy (non-hydrogen) atoms. The minimum atomic E-state index is -0.525. The van der Waals surface area contributed by atoms with Gasteiger partial charge in [-0.3, -0.25) is 9.59 Å². The highest BCUT2D eigenvalue weighted by atomic mass is 16.5. The van der Waals surface area contributed by atoms with E-state index in [1.165, 1.54) is 0 Å². The summed E-state index contributed by atoms with van der Waals surface area (Å²) >= 11 is 0. The number of benzene rings is 1. The smallest absolute Gasteiger partial charge is 0.325 e. The van der Waals surface area contributed by atoms with Crippen molar-refractivity contribution in [3.63, 3.8) is 0 Å². The first-order valence-electron chi connectivity index (χ1n) is 9.88. The molecule has 1 aliphatic heterocycles. The van der Waals surface area contributed by atoms with Crippen LogP contribution in [0.5, 0.6) is 0 Å². The summed E-state index contributed by atoms with van der Waals surface area (Å²) in [5.74, 6) is -0.554. The number of nitrogens with zero attached hydrogens (tertiary/aromatic N) is 2. The molecule has 8 heteroatoms. The van der Waals surface area contributed by atoms with Crippen molar-refractivity contribution >= 4 is 29.3 Å². The Bertz CT molecular complexity index is 697. The van der Waals surface area contributed by atoms with E-state index in [4.69, 9.17) is 4.74 Å². The highest BCUT2D eigenvalue weighted by Crippen LogP contribution is 2.28. The minimum absolute atomic E-state index is 0.0533. The summed E-state index contributed by atoms with van der Waals surface area (Å²) in [5, 5.41) is 5.13. The van der Waals surface area contributed by atoms with Gasteiger partial charge in [0.2, 0.25) is 0 Å².